The molecule has 0 spiro atoms. The summed E-state index contributed by atoms with van der Waals surface area (Å²) in [5.41, 5.74) is 8.63. The van der Waals surface area contributed by atoms with Gasteiger partial charge in [0.25, 0.3) is 0 Å². The van der Waals surface area contributed by atoms with Crippen LogP contribution in [0.2, 0.25) is 5.02 Å². The van der Waals surface area contributed by atoms with E-state index in [1.165, 1.54) is 4.88 Å². The molecule has 0 radical (unpaired) electrons. The van der Waals surface area contributed by atoms with Gasteiger partial charge in [0, 0.05) is 21.0 Å². The van der Waals surface area contributed by atoms with E-state index in [9.17, 15) is 4.79 Å². The molecule has 9 heteroatoms. The fraction of sp³-hybridized carbons (Fsp3) is 0.222. The molecule has 0 saturated carbocycles. The quantitative estimate of drug-likeness (QED) is 0.275. The molecule has 1 atom stereocenters. The van der Waals surface area contributed by atoms with Crippen molar-refractivity contribution < 1.29 is 4.79 Å². The molecule has 1 aliphatic heterocycles. The SMILES string of the molecule is Cc1ccc(C=NNC(=O)CC2N=C(c3ccc(Cl)cc3)c3c(sc(C)c3C)-n3c(C)nnc32)cc1. The number of carbonyl (C=O) groups excluding carboxylic acids is 1. The summed E-state index contributed by atoms with van der Waals surface area (Å²) in [5.74, 6) is 1.13. The molecule has 3 heterocycles. The largest absolute Gasteiger partial charge is 0.273 e. The number of amides is 1. The van der Waals surface area contributed by atoms with Crippen molar-refractivity contribution >= 4 is 40.8 Å². The first-order valence-electron chi connectivity index (χ1n) is 11.6. The highest BCUT2D eigenvalue weighted by Gasteiger charge is 2.32. The number of aromatic nitrogens is 3. The van der Waals surface area contributed by atoms with Gasteiger partial charge in [0.2, 0.25) is 5.91 Å². The Morgan fingerprint density at radius 3 is 2.53 bits per heavy atom. The van der Waals surface area contributed by atoms with Crippen LogP contribution in [0.15, 0.2) is 58.6 Å². The second-order valence-corrected chi connectivity index (χ2v) is 10.5. The Bertz CT molecular complexity index is 1500. The third-order valence-corrected chi connectivity index (χ3v) is 7.66. The molecule has 0 saturated heterocycles. The first-order valence-corrected chi connectivity index (χ1v) is 12.8. The molecule has 7 nitrogen and oxygen atoms in total. The molecule has 1 N–H and O–H groups in total. The summed E-state index contributed by atoms with van der Waals surface area (Å²) < 4.78 is 2.03. The molecule has 0 bridgehead atoms. The first kappa shape index (κ1) is 24.1. The van der Waals surface area contributed by atoms with Gasteiger partial charge in [-0.15, -0.1) is 21.5 Å². The zero-order valence-corrected chi connectivity index (χ0v) is 22.0. The van der Waals surface area contributed by atoms with E-state index in [0.717, 1.165) is 44.4 Å². The molecule has 1 aliphatic rings. The highest BCUT2D eigenvalue weighted by Crippen LogP contribution is 2.39. The Hall–Kier alpha value is -3.62. The molecular weight excluding hydrogens is 492 g/mol. The van der Waals surface area contributed by atoms with Crippen LogP contribution in [0.3, 0.4) is 0 Å². The van der Waals surface area contributed by atoms with E-state index in [4.69, 9.17) is 16.6 Å². The van der Waals surface area contributed by atoms with E-state index in [1.807, 2.05) is 66.9 Å². The number of benzene rings is 2. The smallest absolute Gasteiger partial charge is 0.242 e. The van der Waals surface area contributed by atoms with Gasteiger partial charge in [0.15, 0.2) is 5.82 Å². The predicted molar refractivity (Wildman–Crippen MR) is 145 cm³/mol. The van der Waals surface area contributed by atoms with Gasteiger partial charge in [-0.05, 0) is 51.0 Å². The standard InChI is InChI=1S/C27H25ClN6OS/c1-15-5-7-19(8-6-15)14-29-32-23(35)13-22-26-33-31-18(4)34(26)27-24(16(2)17(3)36-27)25(30-22)20-9-11-21(28)12-10-20/h5-12,14,22H,13H2,1-4H3,(H,32,35). The highest BCUT2D eigenvalue weighted by atomic mass is 35.5. The van der Waals surface area contributed by atoms with Crippen LogP contribution in [0.1, 0.15) is 56.8 Å². The number of hydrazone groups is 1. The van der Waals surface area contributed by atoms with E-state index >= 15 is 0 Å². The van der Waals surface area contributed by atoms with E-state index in [1.54, 1.807) is 17.6 Å². The fourth-order valence-electron chi connectivity index (χ4n) is 4.19. The molecule has 5 rings (SSSR count). The van der Waals surface area contributed by atoms with Gasteiger partial charge in [-0.25, -0.2) is 5.43 Å². The van der Waals surface area contributed by atoms with Crippen molar-refractivity contribution in [1.29, 1.82) is 0 Å². The van der Waals surface area contributed by atoms with Crippen molar-refractivity contribution in [1.82, 2.24) is 20.2 Å². The maximum atomic E-state index is 12.9. The van der Waals surface area contributed by atoms with Crippen LogP contribution in [-0.4, -0.2) is 32.6 Å². The van der Waals surface area contributed by atoms with Gasteiger partial charge in [-0.3, -0.25) is 14.4 Å². The minimum Gasteiger partial charge on any atom is -0.273 e. The second-order valence-electron chi connectivity index (χ2n) is 8.81. The van der Waals surface area contributed by atoms with Crippen LogP contribution < -0.4 is 5.43 Å². The van der Waals surface area contributed by atoms with Crippen LogP contribution >= 0.6 is 22.9 Å². The molecule has 2 aromatic carbocycles. The van der Waals surface area contributed by atoms with Crippen molar-refractivity contribution in [3.05, 3.63) is 97.9 Å². The van der Waals surface area contributed by atoms with Gasteiger partial charge in [-0.1, -0.05) is 53.6 Å². The molecule has 4 aromatic rings. The average Bonchev–Trinajstić information content (AvgIpc) is 3.33. The Balaban J connectivity index is 1.52. The lowest BCUT2D eigenvalue weighted by molar-refractivity contribution is -0.121. The highest BCUT2D eigenvalue weighted by molar-refractivity contribution is 7.15. The van der Waals surface area contributed by atoms with Gasteiger partial charge in [-0.2, -0.15) is 5.10 Å². The van der Waals surface area contributed by atoms with Gasteiger partial charge < -0.3 is 0 Å². The zero-order chi connectivity index (χ0) is 25.4. The number of fused-ring (bicyclic) bond motifs is 3. The van der Waals surface area contributed by atoms with Crippen LogP contribution in [-0.2, 0) is 4.79 Å². The number of hydrogen-bond acceptors (Lipinski definition) is 6. The number of aryl methyl sites for hydroxylation is 3. The van der Waals surface area contributed by atoms with Crippen molar-refractivity contribution in [2.75, 3.05) is 0 Å². The molecule has 1 unspecified atom stereocenters. The summed E-state index contributed by atoms with van der Waals surface area (Å²) in [6, 6.07) is 15.0. The number of rotatable bonds is 5. The van der Waals surface area contributed by atoms with Crippen molar-refractivity contribution in [2.45, 2.75) is 40.2 Å². The third-order valence-electron chi connectivity index (χ3n) is 6.22. The first-order chi connectivity index (χ1) is 17.3. The number of carbonyl (C=O) groups is 1. The van der Waals surface area contributed by atoms with E-state index in [0.29, 0.717) is 10.8 Å². The van der Waals surface area contributed by atoms with Crippen LogP contribution in [0, 0.1) is 27.7 Å². The summed E-state index contributed by atoms with van der Waals surface area (Å²) >= 11 is 7.84. The van der Waals surface area contributed by atoms with Gasteiger partial charge in [0.1, 0.15) is 16.9 Å². The Morgan fingerprint density at radius 2 is 1.81 bits per heavy atom. The topological polar surface area (TPSA) is 84.5 Å². The third kappa shape index (κ3) is 4.62. The van der Waals surface area contributed by atoms with Crippen LogP contribution in [0.25, 0.3) is 5.00 Å². The van der Waals surface area contributed by atoms with Crippen LogP contribution in [0.4, 0.5) is 0 Å². The summed E-state index contributed by atoms with van der Waals surface area (Å²) in [6.45, 7) is 8.14. The van der Waals surface area contributed by atoms with Crippen molar-refractivity contribution in [2.24, 2.45) is 10.1 Å². The van der Waals surface area contributed by atoms with Crippen molar-refractivity contribution in [3.63, 3.8) is 0 Å². The van der Waals surface area contributed by atoms with Crippen molar-refractivity contribution in [3.8, 4) is 5.00 Å². The average molecular weight is 517 g/mol. The minimum atomic E-state index is -0.536. The molecule has 182 valence electrons. The van der Waals surface area contributed by atoms with E-state index in [-0.39, 0.29) is 12.3 Å². The monoisotopic (exact) mass is 516 g/mol. The van der Waals surface area contributed by atoms with Gasteiger partial charge in [0.05, 0.1) is 18.3 Å². The lowest BCUT2D eigenvalue weighted by Crippen LogP contribution is -2.21. The lowest BCUT2D eigenvalue weighted by atomic mass is 9.99. The predicted octanol–water partition coefficient (Wildman–Crippen LogP) is 5.65. The molecule has 2 aromatic heterocycles. The summed E-state index contributed by atoms with van der Waals surface area (Å²) in [5, 5.41) is 14.6. The molecule has 36 heavy (non-hydrogen) atoms. The lowest BCUT2D eigenvalue weighted by Gasteiger charge is -2.12. The maximum absolute atomic E-state index is 12.9. The Labute approximate surface area is 218 Å². The molecule has 0 fully saturated rings. The molecule has 0 aliphatic carbocycles. The van der Waals surface area contributed by atoms with E-state index in [2.05, 4.69) is 34.6 Å². The summed E-state index contributed by atoms with van der Waals surface area (Å²) in [7, 11) is 0. The number of nitrogens with one attached hydrogen (secondary N) is 1. The second kappa shape index (κ2) is 9.79. The molecular formula is C27H25ClN6OS. The summed E-state index contributed by atoms with van der Waals surface area (Å²) in [4.78, 5) is 19.2. The van der Waals surface area contributed by atoms with Gasteiger partial charge >= 0.3 is 0 Å². The Morgan fingerprint density at radius 1 is 1.08 bits per heavy atom. The minimum absolute atomic E-state index is 0.0768. The van der Waals surface area contributed by atoms with E-state index < -0.39 is 6.04 Å². The number of thiophene rings is 1. The number of aliphatic imine (C=N–C) groups is 1. The van der Waals surface area contributed by atoms with Crippen LogP contribution in [0.5, 0.6) is 0 Å². The molecule has 1 amide bonds. The maximum Gasteiger partial charge on any atom is 0.242 e. The number of hydrogen-bond donors (Lipinski definition) is 1. The summed E-state index contributed by atoms with van der Waals surface area (Å²) in [6.07, 6.45) is 1.70. The zero-order valence-electron chi connectivity index (χ0n) is 20.4. The number of nitrogens with zero attached hydrogens (tertiary/aromatic N) is 5. The normalized spacial score (nSPS) is 14.8. The number of halogens is 1. The fourth-order valence-corrected chi connectivity index (χ4v) is 5.53. The Kier molecular flexibility index (Phi) is 6.55.